The van der Waals surface area contributed by atoms with Gasteiger partial charge < -0.3 is 14.6 Å². The monoisotopic (exact) mass is 242 g/mol. The highest BCUT2D eigenvalue weighted by Crippen LogP contribution is 2.32. The number of ether oxygens (including phenoxy) is 2. The molecule has 4 nitrogen and oxygen atoms in total. The Hall–Kier alpha value is -2.49. The molecule has 0 amide bonds. The van der Waals surface area contributed by atoms with Gasteiger partial charge in [-0.25, -0.2) is 4.79 Å². The molecule has 4 heteroatoms. The molecule has 1 atom stereocenters. The summed E-state index contributed by atoms with van der Waals surface area (Å²) in [6, 6.07) is 13.4. The smallest absolute Gasteiger partial charge is 0.342 e. The summed E-state index contributed by atoms with van der Waals surface area (Å²) in [6.07, 6.45) is -0.724. The number of phenols is 1. The summed E-state index contributed by atoms with van der Waals surface area (Å²) in [7, 11) is 0. The minimum Gasteiger partial charge on any atom is -0.508 e. The lowest BCUT2D eigenvalue weighted by Gasteiger charge is -2.13. The molecular formula is C14H10O4. The van der Waals surface area contributed by atoms with Gasteiger partial charge in [-0.05, 0) is 30.3 Å². The Morgan fingerprint density at radius 2 is 1.78 bits per heavy atom. The van der Waals surface area contributed by atoms with Crippen LogP contribution in [0.4, 0.5) is 0 Å². The molecule has 18 heavy (non-hydrogen) atoms. The van der Waals surface area contributed by atoms with Crippen molar-refractivity contribution < 1.29 is 19.4 Å². The molecule has 0 spiro atoms. The number of carbonyl (C=O) groups is 1. The molecular weight excluding hydrogens is 232 g/mol. The lowest BCUT2D eigenvalue weighted by atomic mass is 10.1. The van der Waals surface area contributed by atoms with Crippen molar-refractivity contribution in [2.75, 3.05) is 0 Å². The molecule has 0 aliphatic carbocycles. The Bertz CT molecular complexity index is 589. The summed E-state index contributed by atoms with van der Waals surface area (Å²) in [4.78, 5) is 11.6. The first-order valence-electron chi connectivity index (χ1n) is 5.49. The van der Waals surface area contributed by atoms with E-state index in [0.717, 1.165) is 5.56 Å². The van der Waals surface area contributed by atoms with E-state index in [2.05, 4.69) is 0 Å². The zero-order valence-electron chi connectivity index (χ0n) is 9.37. The molecule has 1 unspecified atom stereocenters. The average Bonchev–Trinajstić information content (AvgIpc) is 2.70. The molecule has 2 aromatic rings. The van der Waals surface area contributed by atoms with Gasteiger partial charge in [-0.2, -0.15) is 0 Å². The van der Waals surface area contributed by atoms with Crippen LogP contribution in [-0.2, 0) is 4.74 Å². The van der Waals surface area contributed by atoms with Crippen LogP contribution in [0.15, 0.2) is 48.5 Å². The largest absolute Gasteiger partial charge is 0.508 e. The molecule has 0 saturated heterocycles. The summed E-state index contributed by atoms with van der Waals surface area (Å²) >= 11 is 0. The summed E-state index contributed by atoms with van der Waals surface area (Å²) in [6.45, 7) is 0. The second-order valence-corrected chi connectivity index (χ2v) is 3.94. The normalized spacial score (nSPS) is 17.1. The fourth-order valence-corrected chi connectivity index (χ4v) is 1.85. The highest BCUT2D eigenvalue weighted by atomic mass is 16.7. The second kappa shape index (κ2) is 4.07. The standard InChI is InChI=1S/C14H10O4/c15-9-5-7-10(8-6-9)17-14-12-4-2-1-3-11(12)13(16)18-14/h1-8,14-15H. The van der Waals surface area contributed by atoms with E-state index >= 15 is 0 Å². The molecule has 0 aromatic heterocycles. The summed E-state index contributed by atoms with van der Waals surface area (Å²) in [5, 5.41) is 9.18. The fourth-order valence-electron chi connectivity index (χ4n) is 1.85. The zero-order valence-corrected chi connectivity index (χ0v) is 9.37. The maximum absolute atomic E-state index is 11.6. The van der Waals surface area contributed by atoms with Crippen LogP contribution in [0, 0.1) is 0 Å². The molecule has 1 N–H and O–H groups in total. The van der Waals surface area contributed by atoms with Crippen LogP contribution < -0.4 is 4.74 Å². The summed E-state index contributed by atoms with van der Waals surface area (Å²) < 4.78 is 10.7. The van der Waals surface area contributed by atoms with Gasteiger partial charge in [0.15, 0.2) is 0 Å². The van der Waals surface area contributed by atoms with Gasteiger partial charge in [-0.1, -0.05) is 18.2 Å². The van der Waals surface area contributed by atoms with Crippen LogP contribution in [-0.4, -0.2) is 11.1 Å². The number of hydrogen-bond donors (Lipinski definition) is 1. The van der Waals surface area contributed by atoms with Gasteiger partial charge in [0.2, 0.25) is 0 Å². The Morgan fingerprint density at radius 1 is 1.06 bits per heavy atom. The number of cyclic esters (lactones) is 1. The summed E-state index contributed by atoms with van der Waals surface area (Å²) in [5.41, 5.74) is 1.25. The van der Waals surface area contributed by atoms with Gasteiger partial charge in [0, 0.05) is 5.56 Å². The van der Waals surface area contributed by atoms with E-state index < -0.39 is 6.29 Å². The van der Waals surface area contributed by atoms with Crippen LogP contribution in [0.5, 0.6) is 11.5 Å². The van der Waals surface area contributed by atoms with E-state index in [1.807, 2.05) is 6.07 Å². The first kappa shape index (κ1) is 10.7. The van der Waals surface area contributed by atoms with Crippen molar-refractivity contribution in [3.05, 3.63) is 59.7 Å². The number of esters is 1. The molecule has 1 aliphatic heterocycles. The zero-order chi connectivity index (χ0) is 12.5. The maximum Gasteiger partial charge on any atom is 0.342 e. The third-order valence-corrected chi connectivity index (χ3v) is 2.73. The number of phenolic OH excluding ortho intramolecular Hbond substituents is 1. The van der Waals surface area contributed by atoms with E-state index in [0.29, 0.717) is 11.3 Å². The third-order valence-electron chi connectivity index (χ3n) is 2.73. The average molecular weight is 242 g/mol. The van der Waals surface area contributed by atoms with Gasteiger partial charge in [0.1, 0.15) is 11.5 Å². The first-order chi connectivity index (χ1) is 8.74. The van der Waals surface area contributed by atoms with Crippen LogP contribution in [0.2, 0.25) is 0 Å². The van der Waals surface area contributed by atoms with Gasteiger partial charge in [-0.15, -0.1) is 0 Å². The molecule has 0 saturated carbocycles. The highest BCUT2D eigenvalue weighted by molar-refractivity contribution is 5.93. The van der Waals surface area contributed by atoms with E-state index in [9.17, 15) is 9.90 Å². The van der Waals surface area contributed by atoms with Crippen molar-refractivity contribution in [2.45, 2.75) is 6.29 Å². The van der Waals surface area contributed by atoms with Crippen molar-refractivity contribution in [3.8, 4) is 11.5 Å². The van der Waals surface area contributed by atoms with Crippen molar-refractivity contribution in [1.29, 1.82) is 0 Å². The van der Waals surface area contributed by atoms with Gasteiger partial charge in [0.25, 0.3) is 6.29 Å². The van der Waals surface area contributed by atoms with Crippen molar-refractivity contribution >= 4 is 5.97 Å². The molecule has 0 fully saturated rings. The van der Waals surface area contributed by atoms with Crippen LogP contribution >= 0.6 is 0 Å². The third kappa shape index (κ3) is 1.78. The molecule has 3 rings (SSSR count). The van der Waals surface area contributed by atoms with Crippen molar-refractivity contribution in [1.82, 2.24) is 0 Å². The minimum absolute atomic E-state index is 0.158. The van der Waals surface area contributed by atoms with E-state index in [1.54, 1.807) is 30.3 Å². The Labute approximate surface area is 103 Å². The van der Waals surface area contributed by atoms with Crippen LogP contribution in [0.1, 0.15) is 22.2 Å². The number of fused-ring (bicyclic) bond motifs is 1. The number of rotatable bonds is 2. The van der Waals surface area contributed by atoms with Gasteiger partial charge >= 0.3 is 5.97 Å². The fraction of sp³-hybridized carbons (Fsp3) is 0.0714. The molecule has 1 aliphatic rings. The van der Waals surface area contributed by atoms with Gasteiger partial charge in [0.05, 0.1) is 5.56 Å². The number of aromatic hydroxyl groups is 1. The van der Waals surface area contributed by atoms with Gasteiger partial charge in [-0.3, -0.25) is 0 Å². The Morgan fingerprint density at radius 3 is 2.56 bits per heavy atom. The number of carbonyl (C=O) groups excluding carboxylic acids is 1. The van der Waals surface area contributed by atoms with E-state index in [-0.39, 0.29) is 11.7 Å². The minimum atomic E-state index is -0.724. The van der Waals surface area contributed by atoms with Crippen LogP contribution in [0.3, 0.4) is 0 Å². The SMILES string of the molecule is O=C1OC(Oc2ccc(O)cc2)c2ccccc21. The first-order valence-corrected chi connectivity index (χ1v) is 5.49. The summed E-state index contributed by atoms with van der Waals surface area (Å²) in [5.74, 6) is 0.308. The highest BCUT2D eigenvalue weighted by Gasteiger charge is 2.31. The van der Waals surface area contributed by atoms with E-state index in [4.69, 9.17) is 9.47 Å². The molecule has 2 aromatic carbocycles. The Kier molecular flexibility index (Phi) is 2.41. The predicted molar refractivity (Wildman–Crippen MR) is 63.3 cm³/mol. The topological polar surface area (TPSA) is 55.8 Å². The van der Waals surface area contributed by atoms with Crippen molar-refractivity contribution in [3.63, 3.8) is 0 Å². The quantitative estimate of drug-likeness (QED) is 0.822. The van der Waals surface area contributed by atoms with E-state index in [1.165, 1.54) is 12.1 Å². The molecule has 1 heterocycles. The number of benzene rings is 2. The maximum atomic E-state index is 11.6. The lowest BCUT2D eigenvalue weighted by Crippen LogP contribution is -2.06. The van der Waals surface area contributed by atoms with Crippen molar-refractivity contribution in [2.24, 2.45) is 0 Å². The lowest BCUT2D eigenvalue weighted by molar-refractivity contribution is -0.0382. The molecule has 0 radical (unpaired) electrons. The molecule has 90 valence electrons. The number of hydrogen-bond acceptors (Lipinski definition) is 4. The molecule has 0 bridgehead atoms. The Balaban J connectivity index is 1.87. The predicted octanol–water partition coefficient (Wildman–Crippen LogP) is 2.64. The van der Waals surface area contributed by atoms with Crippen LogP contribution in [0.25, 0.3) is 0 Å². The second-order valence-electron chi connectivity index (χ2n) is 3.94.